The lowest BCUT2D eigenvalue weighted by atomic mass is 9.80. The number of phenols is 1. The van der Waals surface area contributed by atoms with Gasteiger partial charge in [0.15, 0.2) is 11.6 Å². The van der Waals surface area contributed by atoms with Crippen molar-refractivity contribution in [3.63, 3.8) is 0 Å². The minimum absolute atomic E-state index is 0.0620. The number of pyridine rings is 1. The fourth-order valence-electron chi connectivity index (χ4n) is 12.9. The van der Waals surface area contributed by atoms with E-state index in [9.17, 15) is 19.8 Å². The number of nitrogens with zero attached hydrogens (tertiary/aromatic N) is 9. The van der Waals surface area contributed by atoms with Crippen LogP contribution in [0.15, 0.2) is 89.0 Å². The van der Waals surface area contributed by atoms with E-state index in [1.54, 1.807) is 29.5 Å². The van der Waals surface area contributed by atoms with Crippen LogP contribution in [-0.2, 0) is 9.59 Å². The Hall–Kier alpha value is -6.83. The summed E-state index contributed by atoms with van der Waals surface area (Å²) in [5.74, 6) is 2.13. The van der Waals surface area contributed by atoms with Crippen LogP contribution >= 0.6 is 11.3 Å². The summed E-state index contributed by atoms with van der Waals surface area (Å²) >= 11 is 1.60. The molecule has 11 rings (SSSR count). The first kappa shape index (κ1) is 53.2. The summed E-state index contributed by atoms with van der Waals surface area (Å²) in [5.41, 5.74) is 14.5. The van der Waals surface area contributed by atoms with Crippen LogP contribution in [0.1, 0.15) is 102 Å². The molecule has 78 heavy (non-hydrogen) atoms. The number of β-amino-alcohol motifs (C(OH)–C–C–N with tert-alkyl or cyclic N) is 1. The molecule has 6 aromatic rings. The number of hydrogen-bond donors (Lipinski definition) is 4. The molecule has 18 nitrogen and oxygen atoms in total. The van der Waals surface area contributed by atoms with Gasteiger partial charge in [-0.3, -0.25) is 9.59 Å². The lowest BCUT2D eigenvalue weighted by molar-refractivity contribution is -0.141. The van der Waals surface area contributed by atoms with Gasteiger partial charge in [0.25, 0.3) is 5.88 Å². The Morgan fingerprint density at radius 1 is 0.923 bits per heavy atom. The van der Waals surface area contributed by atoms with Gasteiger partial charge in [-0.05, 0) is 123 Å². The number of aromatic hydroxyl groups is 1. The first-order valence-electron chi connectivity index (χ1n) is 27.9. The number of thiazole rings is 1. The molecule has 4 aromatic heterocycles. The number of piperidine rings is 1. The number of carbonyl (C=O) groups excluding carboxylic acids is 2. The summed E-state index contributed by atoms with van der Waals surface area (Å²) in [6, 6.07) is 22.6. The van der Waals surface area contributed by atoms with Crippen LogP contribution in [-0.4, -0.2) is 133 Å². The molecule has 2 amide bonds. The minimum Gasteiger partial charge on any atom is -0.507 e. The number of benzene rings is 2. The van der Waals surface area contributed by atoms with E-state index >= 15 is 0 Å². The highest BCUT2D eigenvalue weighted by molar-refractivity contribution is 7.13. The van der Waals surface area contributed by atoms with E-state index < -0.39 is 18.1 Å². The molecule has 2 aromatic carbocycles. The van der Waals surface area contributed by atoms with Gasteiger partial charge in [-0.2, -0.15) is 0 Å². The number of aromatic nitrogens is 5. The van der Waals surface area contributed by atoms with Crippen molar-refractivity contribution in [2.45, 2.75) is 122 Å². The van der Waals surface area contributed by atoms with Gasteiger partial charge in [0, 0.05) is 80.8 Å². The van der Waals surface area contributed by atoms with Gasteiger partial charge < -0.3 is 54.9 Å². The van der Waals surface area contributed by atoms with Gasteiger partial charge >= 0.3 is 0 Å². The van der Waals surface area contributed by atoms with E-state index in [1.165, 1.54) is 4.90 Å². The average Bonchev–Trinajstić information content (AvgIpc) is 4.31. The summed E-state index contributed by atoms with van der Waals surface area (Å²) in [7, 11) is 0. The van der Waals surface area contributed by atoms with Crippen molar-refractivity contribution >= 4 is 40.3 Å². The lowest BCUT2D eigenvalue weighted by Crippen LogP contribution is -2.54. The van der Waals surface area contributed by atoms with Crippen molar-refractivity contribution < 1.29 is 33.8 Å². The number of carbonyl (C=O) groups is 2. The summed E-state index contributed by atoms with van der Waals surface area (Å²) in [5, 5.41) is 37.1. The Kier molecular flexibility index (Phi) is 15.6. The number of amides is 2. The highest BCUT2D eigenvalue weighted by Crippen LogP contribution is 2.41. The predicted molar refractivity (Wildman–Crippen MR) is 299 cm³/mol. The number of phenolic OH excluding ortho intramolecular Hbond substituents is 1. The van der Waals surface area contributed by atoms with E-state index in [-0.39, 0.29) is 48.6 Å². The molecule has 5 fully saturated rings. The maximum atomic E-state index is 14.3. The number of nitrogens with one attached hydrogen (secondary N) is 1. The zero-order chi connectivity index (χ0) is 54.2. The highest BCUT2D eigenvalue weighted by atomic mass is 32.1. The monoisotopic (exact) mass is 1080 g/mol. The number of anilines is 3. The minimum atomic E-state index is -0.821. The predicted octanol–water partition coefficient (Wildman–Crippen LogP) is 8.27. The van der Waals surface area contributed by atoms with Crippen molar-refractivity contribution in [2.75, 3.05) is 61.4 Å². The van der Waals surface area contributed by atoms with Crippen LogP contribution in [0.4, 0.5) is 17.2 Å². The third-order valence-electron chi connectivity index (χ3n) is 17.1. The van der Waals surface area contributed by atoms with E-state index in [1.807, 2.05) is 81.9 Å². The van der Waals surface area contributed by atoms with Gasteiger partial charge in [0.05, 0.1) is 46.2 Å². The normalized spacial score (nSPS) is 25.0. The smallest absolute Gasteiger partial charge is 0.254 e. The SMILES string of the molecule is Cc1ncsc1-c1ccc([C@H](C)NC(=O)[C@@H]2C[C@@H](O)CN2C(=O)[C@H](c2cc(OCC[C@H]3CCN(CC4CC(Oc5cc(N6C7CCC6CN(c6cc(-c8ccccc8O)nnc6N)C7)ccn5)C4)C[C@@H]3C)no2)C(C)C)cc1. The first-order chi connectivity index (χ1) is 37.7. The van der Waals surface area contributed by atoms with Crippen molar-refractivity contribution in [3.8, 4) is 39.2 Å². The number of piperazine rings is 1. The van der Waals surface area contributed by atoms with Gasteiger partial charge in [0.1, 0.15) is 23.8 Å². The number of aliphatic hydroxyl groups excluding tert-OH is 1. The van der Waals surface area contributed by atoms with Gasteiger partial charge in [0.2, 0.25) is 17.7 Å². The van der Waals surface area contributed by atoms with Crippen LogP contribution in [0.25, 0.3) is 21.7 Å². The van der Waals surface area contributed by atoms with Crippen molar-refractivity contribution in [1.29, 1.82) is 0 Å². The number of nitrogens with two attached hydrogens (primary N) is 1. The number of fused-ring (bicyclic) bond motifs is 2. The van der Waals surface area contributed by atoms with Crippen molar-refractivity contribution in [3.05, 3.63) is 102 Å². The highest BCUT2D eigenvalue weighted by Gasteiger charge is 2.45. The molecule has 2 bridgehead atoms. The van der Waals surface area contributed by atoms with E-state index in [2.05, 4.69) is 64.4 Å². The van der Waals surface area contributed by atoms with Crippen LogP contribution in [0, 0.1) is 30.6 Å². The summed E-state index contributed by atoms with van der Waals surface area (Å²) < 4.78 is 18.4. The molecule has 8 atom stereocenters. The molecular formula is C59H73N11O7S. The van der Waals surface area contributed by atoms with Crippen molar-refractivity contribution in [2.24, 2.45) is 23.7 Å². The third kappa shape index (κ3) is 11.4. The quantitative estimate of drug-likeness (QED) is 0.0636. The van der Waals surface area contributed by atoms with Crippen LogP contribution < -0.4 is 30.3 Å². The third-order valence-corrected chi connectivity index (χ3v) is 18.1. The summed E-state index contributed by atoms with van der Waals surface area (Å²) in [4.78, 5) is 47.2. The number of aryl methyl sites for hydroxylation is 1. The second-order valence-electron chi connectivity index (χ2n) is 22.9. The van der Waals surface area contributed by atoms with E-state index in [0.717, 1.165) is 104 Å². The zero-order valence-electron chi connectivity index (χ0n) is 45.3. The largest absolute Gasteiger partial charge is 0.507 e. The Balaban J connectivity index is 0.610. The summed E-state index contributed by atoms with van der Waals surface area (Å²) in [6.45, 7) is 15.5. The molecular weight excluding hydrogens is 1010 g/mol. The van der Waals surface area contributed by atoms with Crippen molar-refractivity contribution in [1.82, 2.24) is 40.4 Å². The maximum absolute atomic E-state index is 14.3. The topological polar surface area (TPSA) is 222 Å². The molecule has 5 aliphatic rings. The Bertz CT molecular complexity index is 3040. The molecule has 0 radical (unpaired) electrons. The number of nitrogen functional groups attached to an aromatic ring is 1. The fourth-order valence-corrected chi connectivity index (χ4v) is 13.7. The molecule has 4 saturated heterocycles. The molecule has 4 aliphatic heterocycles. The molecule has 5 N–H and O–H groups in total. The zero-order valence-corrected chi connectivity index (χ0v) is 46.1. The van der Waals surface area contributed by atoms with Crippen LogP contribution in [0.2, 0.25) is 0 Å². The molecule has 0 spiro atoms. The Labute approximate surface area is 460 Å². The van der Waals surface area contributed by atoms with Crippen LogP contribution in [0.5, 0.6) is 17.5 Å². The number of hydrogen-bond acceptors (Lipinski definition) is 17. The second-order valence-corrected chi connectivity index (χ2v) is 23.7. The Morgan fingerprint density at radius 2 is 1.71 bits per heavy atom. The number of aliphatic hydroxyl groups is 1. The number of ether oxygens (including phenoxy) is 2. The molecule has 1 saturated carbocycles. The maximum Gasteiger partial charge on any atom is 0.254 e. The van der Waals surface area contributed by atoms with Crippen LogP contribution in [0.3, 0.4) is 0 Å². The summed E-state index contributed by atoms with van der Waals surface area (Å²) in [6.07, 6.45) is 7.55. The first-order valence-corrected chi connectivity index (χ1v) is 28.8. The number of likely N-dealkylation sites (tertiary alicyclic amines) is 2. The lowest BCUT2D eigenvalue weighted by Gasteiger charge is -2.44. The fraction of sp³-hybridized carbons (Fsp3) is 0.508. The van der Waals surface area contributed by atoms with E-state index in [4.69, 9.17) is 19.7 Å². The molecule has 8 heterocycles. The molecule has 2 unspecified atom stereocenters. The second kappa shape index (κ2) is 22.9. The van der Waals surface area contributed by atoms with Gasteiger partial charge in [-0.15, -0.1) is 21.5 Å². The molecule has 412 valence electrons. The molecule has 19 heteroatoms. The molecule has 1 aliphatic carbocycles. The number of para-hydroxylation sites is 1. The van der Waals surface area contributed by atoms with E-state index in [0.29, 0.717) is 71.0 Å². The van der Waals surface area contributed by atoms with Gasteiger partial charge in [-0.25, -0.2) is 9.97 Å². The number of rotatable bonds is 18. The standard InChI is InChI=1S/C59H73N11O7S/c1-34(2)55(59(74)69-32-45(71)25-50(69)58(73)63-36(4)40-10-12-41(13-11-40)56-37(5)62-33-78-56)52-27-54(66-77-52)75-21-18-39-17-20-67(28-35(39)3)29-38-22-46(23-38)76-53-24-42(16-19-61-53)70-43-14-15-44(70)31-68(30-43)49-26-48(64-65-57(49)60)47-8-6-7-9-51(47)72/h6-13,16,19,24,26-27,33-36,38-39,43-46,50,55,71-72H,14-15,17-18,20-23,25,28-32H2,1-5H3,(H2,60,65)(H,63,73)/t35-,36-,38?,39+,43?,44?,45+,46?,50-,55-/m0/s1. The average molecular weight is 1080 g/mol. The Morgan fingerprint density at radius 3 is 2.44 bits per heavy atom. The van der Waals surface area contributed by atoms with Gasteiger partial charge in [-0.1, -0.05) is 57.2 Å².